The van der Waals surface area contributed by atoms with Gasteiger partial charge in [0.1, 0.15) is 0 Å². The van der Waals surface area contributed by atoms with Crippen molar-refractivity contribution in [1.82, 2.24) is 9.55 Å². The van der Waals surface area contributed by atoms with E-state index >= 15 is 0 Å². The number of rotatable bonds is 7. The molecule has 1 heterocycles. The van der Waals surface area contributed by atoms with Crippen molar-refractivity contribution in [2.45, 2.75) is 58.9 Å². The van der Waals surface area contributed by atoms with Crippen LogP contribution in [0.25, 0.3) is 0 Å². The number of hydrogen-bond acceptors (Lipinski definition) is 2. The van der Waals surface area contributed by atoms with Gasteiger partial charge in [-0.25, -0.2) is 4.98 Å². The zero-order valence-electron chi connectivity index (χ0n) is 10.4. The van der Waals surface area contributed by atoms with Crippen molar-refractivity contribution in [3.8, 4) is 0 Å². The molecule has 0 fully saturated rings. The van der Waals surface area contributed by atoms with E-state index in [1.807, 2.05) is 6.92 Å². The minimum atomic E-state index is 0.0704. The molecular formula is C13H22N2O. The van der Waals surface area contributed by atoms with Crippen LogP contribution in [0.4, 0.5) is 0 Å². The van der Waals surface area contributed by atoms with Crippen molar-refractivity contribution < 1.29 is 0 Å². The van der Waals surface area contributed by atoms with Gasteiger partial charge in [-0.15, -0.1) is 0 Å². The topological polar surface area (TPSA) is 34.9 Å². The van der Waals surface area contributed by atoms with Gasteiger partial charge in [-0.3, -0.25) is 9.36 Å². The van der Waals surface area contributed by atoms with Crippen LogP contribution in [0.1, 0.15) is 51.1 Å². The van der Waals surface area contributed by atoms with Crippen molar-refractivity contribution in [1.29, 1.82) is 0 Å². The van der Waals surface area contributed by atoms with E-state index in [0.717, 1.165) is 18.7 Å². The fourth-order valence-corrected chi connectivity index (χ4v) is 1.75. The van der Waals surface area contributed by atoms with Crippen molar-refractivity contribution >= 4 is 0 Å². The van der Waals surface area contributed by atoms with E-state index in [9.17, 15) is 4.79 Å². The highest BCUT2D eigenvalue weighted by Crippen LogP contribution is 2.05. The van der Waals surface area contributed by atoms with Crippen molar-refractivity contribution in [2.75, 3.05) is 0 Å². The molecule has 0 unspecified atom stereocenters. The lowest BCUT2D eigenvalue weighted by Gasteiger charge is -2.04. The van der Waals surface area contributed by atoms with Crippen molar-refractivity contribution in [3.63, 3.8) is 0 Å². The van der Waals surface area contributed by atoms with Crippen LogP contribution in [-0.4, -0.2) is 9.55 Å². The largest absolute Gasteiger partial charge is 0.299 e. The number of aromatic nitrogens is 2. The monoisotopic (exact) mass is 222 g/mol. The Balaban J connectivity index is 2.24. The van der Waals surface area contributed by atoms with Crippen LogP contribution in [-0.2, 0) is 6.54 Å². The summed E-state index contributed by atoms with van der Waals surface area (Å²) in [5.41, 5.74) is 0.866. The molecular weight excluding hydrogens is 200 g/mol. The van der Waals surface area contributed by atoms with Gasteiger partial charge in [0.25, 0.3) is 5.56 Å². The van der Waals surface area contributed by atoms with Crippen LogP contribution in [0.5, 0.6) is 0 Å². The van der Waals surface area contributed by atoms with Gasteiger partial charge in [0, 0.05) is 18.3 Å². The van der Waals surface area contributed by atoms with Crippen LogP contribution >= 0.6 is 0 Å². The minimum absolute atomic E-state index is 0.0704. The number of hydrogen-bond donors (Lipinski definition) is 0. The molecule has 3 heteroatoms. The lowest BCUT2D eigenvalue weighted by atomic mass is 10.1. The second kappa shape index (κ2) is 7.20. The third-order valence-corrected chi connectivity index (χ3v) is 2.77. The summed E-state index contributed by atoms with van der Waals surface area (Å²) in [7, 11) is 0. The fourth-order valence-electron chi connectivity index (χ4n) is 1.75. The Morgan fingerprint density at radius 2 is 1.88 bits per heavy atom. The molecule has 0 aliphatic rings. The zero-order valence-corrected chi connectivity index (χ0v) is 10.4. The van der Waals surface area contributed by atoms with Gasteiger partial charge in [-0.2, -0.15) is 0 Å². The SMILES string of the molecule is CCCCCCCCn1cnc(C)cc1=O. The van der Waals surface area contributed by atoms with Gasteiger partial charge in [-0.05, 0) is 13.3 Å². The van der Waals surface area contributed by atoms with Gasteiger partial charge in [-0.1, -0.05) is 39.0 Å². The molecule has 0 saturated heterocycles. The third kappa shape index (κ3) is 4.60. The first-order valence-electron chi connectivity index (χ1n) is 6.27. The molecule has 0 radical (unpaired) electrons. The number of nitrogens with zero attached hydrogens (tertiary/aromatic N) is 2. The summed E-state index contributed by atoms with van der Waals surface area (Å²) in [6.45, 7) is 4.87. The molecule has 0 amide bonds. The van der Waals surface area contributed by atoms with Gasteiger partial charge in [0.05, 0.1) is 6.33 Å². The molecule has 0 N–H and O–H groups in total. The first-order valence-corrected chi connectivity index (χ1v) is 6.27. The van der Waals surface area contributed by atoms with E-state index in [2.05, 4.69) is 11.9 Å². The molecule has 0 aliphatic heterocycles. The van der Waals surface area contributed by atoms with Crippen LogP contribution in [0, 0.1) is 6.92 Å². The molecule has 1 aromatic heterocycles. The standard InChI is InChI=1S/C13H22N2O/c1-3-4-5-6-7-8-9-15-11-14-12(2)10-13(15)16/h10-11H,3-9H2,1-2H3. The predicted octanol–water partition coefficient (Wildman–Crippen LogP) is 2.91. The van der Waals surface area contributed by atoms with Gasteiger partial charge >= 0.3 is 0 Å². The maximum atomic E-state index is 11.5. The van der Waals surface area contributed by atoms with E-state index in [0.29, 0.717) is 0 Å². The molecule has 0 aliphatic carbocycles. The van der Waals surface area contributed by atoms with Crippen molar-refractivity contribution in [2.24, 2.45) is 0 Å². The first-order chi connectivity index (χ1) is 7.74. The zero-order chi connectivity index (χ0) is 11.8. The van der Waals surface area contributed by atoms with Crippen LogP contribution in [0.2, 0.25) is 0 Å². The Morgan fingerprint density at radius 1 is 1.19 bits per heavy atom. The Morgan fingerprint density at radius 3 is 2.56 bits per heavy atom. The fraction of sp³-hybridized carbons (Fsp3) is 0.692. The summed E-state index contributed by atoms with van der Waals surface area (Å²) in [4.78, 5) is 15.7. The average molecular weight is 222 g/mol. The molecule has 0 spiro atoms. The molecule has 0 saturated carbocycles. The molecule has 3 nitrogen and oxygen atoms in total. The summed E-state index contributed by atoms with van der Waals surface area (Å²) >= 11 is 0. The van der Waals surface area contributed by atoms with Crippen LogP contribution < -0.4 is 5.56 Å². The maximum Gasteiger partial charge on any atom is 0.253 e. The van der Waals surface area contributed by atoms with E-state index in [1.54, 1.807) is 17.0 Å². The van der Waals surface area contributed by atoms with Crippen LogP contribution in [0.3, 0.4) is 0 Å². The summed E-state index contributed by atoms with van der Waals surface area (Å²) in [6, 6.07) is 1.59. The quantitative estimate of drug-likeness (QED) is 0.665. The Hall–Kier alpha value is -1.12. The van der Waals surface area contributed by atoms with E-state index < -0.39 is 0 Å². The molecule has 90 valence electrons. The lowest BCUT2D eigenvalue weighted by Crippen LogP contribution is -2.19. The lowest BCUT2D eigenvalue weighted by molar-refractivity contribution is 0.544. The average Bonchev–Trinajstić information content (AvgIpc) is 2.26. The third-order valence-electron chi connectivity index (χ3n) is 2.77. The number of unbranched alkanes of at least 4 members (excludes halogenated alkanes) is 5. The maximum absolute atomic E-state index is 11.5. The smallest absolute Gasteiger partial charge is 0.253 e. The normalized spacial score (nSPS) is 10.6. The molecule has 0 aromatic carbocycles. The summed E-state index contributed by atoms with van der Waals surface area (Å²) in [5, 5.41) is 0. The molecule has 1 aromatic rings. The highest BCUT2D eigenvalue weighted by atomic mass is 16.1. The highest BCUT2D eigenvalue weighted by Gasteiger charge is 1.96. The van der Waals surface area contributed by atoms with E-state index in [1.165, 1.54) is 32.1 Å². The van der Waals surface area contributed by atoms with Gasteiger partial charge in [0.2, 0.25) is 0 Å². The summed E-state index contributed by atoms with van der Waals surface area (Å²) in [6.07, 6.45) is 9.14. The van der Waals surface area contributed by atoms with Gasteiger partial charge < -0.3 is 0 Å². The van der Waals surface area contributed by atoms with Crippen molar-refractivity contribution in [3.05, 3.63) is 28.4 Å². The van der Waals surface area contributed by atoms with Crippen LogP contribution in [0.15, 0.2) is 17.2 Å². The Labute approximate surface area is 97.5 Å². The molecule has 1 rings (SSSR count). The summed E-state index contributed by atoms with van der Waals surface area (Å²) in [5.74, 6) is 0. The Bertz CT molecular complexity index is 357. The summed E-state index contributed by atoms with van der Waals surface area (Å²) < 4.78 is 1.70. The highest BCUT2D eigenvalue weighted by molar-refractivity contribution is 4.95. The second-order valence-corrected chi connectivity index (χ2v) is 4.33. The molecule has 16 heavy (non-hydrogen) atoms. The second-order valence-electron chi connectivity index (χ2n) is 4.33. The molecule has 0 atom stereocenters. The minimum Gasteiger partial charge on any atom is -0.299 e. The van der Waals surface area contributed by atoms with E-state index in [-0.39, 0.29) is 5.56 Å². The predicted molar refractivity (Wildman–Crippen MR) is 66.6 cm³/mol. The Kier molecular flexibility index (Phi) is 5.83. The number of aryl methyl sites for hydroxylation is 2. The molecule has 0 bridgehead atoms. The van der Waals surface area contributed by atoms with E-state index in [4.69, 9.17) is 0 Å². The first kappa shape index (κ1) is 12.9. The van der Waals surface area contributed by atoms with Gasteiger partial charge in [0.15, 0.2) is 0 Å².